The lowest BCUT2D eigenvalue weighted by Crippen LogP contribution is -2.45. The Kier molecular flexibility index (Phi) is 6.41. The van der Waals surface area contributed by atoms with Crippen LogP contribution in [-0.2, 0) is 19.1 Å². The molecule has 1 saturated carbocycles. The standard InChI is InChI=1S/C27H35NO4/c1-18-16-27(23(29)31-25(2,3)4,24(30)32-26(5,6)7)17-20(18)22(21-14-11-15-28-21)19-12-9-8-10-13-19/h8-15,20,22,28H,1,16-17H2,2-7H3/t20-,22-/m0/s1. The molecule has 172 valence electrons. The maximum Gasteiger partial charge on any atom is 0.324 e. The quantitative estimate of drug-likeness (QED) is 0.366. The number of H-pyrrole nitrogens is 1. The molecule has 32 heavy (non-hydrogen) atoms. The molecule has 1 aromatic carbocycles. The molecule has 0 radical (unpaired) electrons. The first-order chi connectivity index (χ1) is 14.8. The summed E-state index contributed by atoms with van der Waals surface area (Å²) in [6.07, 6.45) is 2.39. The van der Waals surface area contributed by atoms with Gasteiger partial charge in [-0.15, -0.1) is 0 Å². The molecule has 0 unspecified atom stereocenters. The van der Waals surface area contributed by atoms with E-state index >= 15 is 0 Å². The second-order valence-electron chi connectivity index (χ2n) is 10.7. The SMILES string of the molecule is C=C1CC(C(=O)OC(C)(C)C)(C(=O)OC(C)(C)C)C[C@@H]1[C@H](c1ccccc1)c1ccc[nH]1. The van der Waals surface area contributed by atoms with Crippen molar-refractivity contribution >= 4 is 11.9 Å². The van der Waals surface area contributed by atoms with Crippen LogP contribution in [0.1, 0.15) is 71.6 Å². The van der Waals surface area contributed by atoms with Gasteiger partial charge in [0.1, 0.15) is 11.2 Å². The van der Waals surface area contributed by atoms with Gasteiger partial charge in [-0.05, 0) is 78.0 Å². The number of ether oxygens (including phenoxy) is 2. The van der Waals surface area contributed by atoms with E-state index in [9.17, 15) is 9.59 Å². The molecule has 1 N–H and O–H groups in total. The van der Waals surface area contributed by atoms with Crippen LogP contribution in [0.5, 0.6) is 0 Å². The Morgan fingerprint density at radius 2 is 1.53 bits per heavy atom. The van der Waals surface area contributed by atoms with Crippen LogP contribution >= 0.6 is 0 Å². The van der Waals surface area contributed by atoms with Gasteiger partial charge in [0.05, 0.1) is 0 Å². The molecule has 0 amide bonds. The molecule has 5 heteroatoms. The minimum Gasteiger partial charge on any atom is -0.459 e. The Hall–Kier alpha value is -2.82. The molecule has 1 fully saturated rings. The predicted molar refractivity (Wildman–Crippen MR) is 125 cm³/mol. The van der Waals surface area contributed by atoms with Crippen LogP contribution in [-0.4, -0.2) is 28.1 Å². The van der Waals surface area contributed by atoms with Gasteiger partial charge in [-0.3, -0.25) is 9.59 Å². The summed E-state index contributed by atoms with van der Waals surface area (Å²) in [5.74, 6) is -1.27. The molecule has 2 aromatic rings. The van der Waals surface area contributed by atoms with Crippen molar-refractivity contribution in [2.75, 3.05) is 0 Å². The van der Waals surface area contributed by atoms with Gasteiger partial charge >= 0.3 is 11.9 Å². The highest BCUT2D eigenvalue weighted by molar-refractivity contribution is 6.01. The molecule has 3 rings (SSSR count). The highest BCUT2D eigenvalue weighted by Gasteiger charge is 2.58. The number of aromatic nitrogens is 1. The number of benzene rings is 1. The largest absolute Gasteiger partial charge is 0.459 e. The smallest absolute Gasteiger partial charge is 0.324 e. The van der Waals surface area contributed by atoms with Crippen molar-refractivity contribution in [2.24, 2.45) is 11.3 Å². The minimum absolute atomic E-state index is 0.0644. The molecule has 2 atom stereocenters. The summed E-state index contributed by atoms with van der Waals surface area (Å²) in [5, 5.41) is 0. The summed E-state index contributed by atoms with van der Waals surface area (Å²) in [6.45, 7) is 15.2. The molecular weight excluding hydrogens is 402 g/mol. The first kappa shape index (κ1) is 23.8. The summed E-state index contributed by atoms with van der Waals surface area (Å²) in [7, 11) is 0. The molecule has 0 bridgehead atoms. The highest BCUT2D eigenvalue weighted by atomic mass is 16.6. The van der Waals surface area contributed by atoms with Gasteiger partial charge in [0.2, 0.25) is 0 Å². The van der Waals surface area contributed by atoms with Crippen LogP contribution in [0, 0.1) is 11.3 Å². The number of carbonyl (C=O) groups excluding carboxylic acids is 2. The van der Waals surface area contributed by atoms with Crippen LogP contribution in [0.15, 0.2) is 60.8 Å². The number of rotatable bonds is 5. The monoisotopic (exact) mass is 437 g/mol. The Morgan fingerprint density at radius 1 is 0.969 bits per heavy atom. The van der Waals surface area contributed by atoms with Crippen molar-refractivity contribution in [3.05, 3.63) is 72.1 Å². The van der Waals surface area contributed by atoms with Gasteiger partial charge < -0.3 is 14.5 Å². The lowest BCUT2D eigenvalue weighted by molar-refractivity contribution is -0.185. The van der Waals surface area contributed by atoms with Crippen LogP contribution in [0.4, 0.5) is 0 Å². The number of hydrogen-bond donors (Lipinski definition) is 1. The number of esters is 2. The van der Waals surface area contributed by atoms with E-state index in [1.165, 1.54) is 0 Å². The number of hydrogen-bond acceptors (Lipinski definition) is 4. The van der Waals surface area contributed by atoms with Gasteiger partial charge in [0.25, 0.3) is 0 Å². The fraction of sp³-hybridized carbons (Fsp3) is 0.481. The molecular formula is C27H35NO4. The summed E-state index contributed by atoms with van der Waals surface area (Å²) in [4.78, 5) is 30.3. The highest BCUT2D eigenvalue weighted by Crippen LogP contribution is 2.53. The van der Waals surface area contributed by atoms with Crippen molar-refractivity contribution in [3.8, 4) is 0 Å². The van der Waals surface area contributed by atoms with Crippen molar-refractivity contribution in [2.45, 2.75) is 71.5 Å². The Morgan fingerprint density at radius 3 is 2.00 bits per heavy atom. The average Bonchev–Trinajstić information content (AvgIpc) is 3.30. The van der Waals surface area contributed by atoms with Crippen LogP contribution in [0.25, 0.3) is 0 Å². The summed E-state index contributed by atoms with van der Waals surface area (Å²) < 4.78 is 11.5. The topological polar surface area (TPSA) is 68.4 Å². The van der Waals surface area contributed by atoms with Gasteiger partial charge in [0.15, 0.2) is 5.41 Å². The van der Waals surface area contributed by atoms with Crippen LogP contribution in [0.2, 0.25) is 0 Å². The average molecular weight is 438 g/mol. The molecule has 1 heterocycles. The molecule has 1 aliphatic carbocycles. The fourth-order valence-electron chi connectivity index (χ4n) is 4.44. The molecule has 1 aliphatic rings. The molecule has 0 spiro atoms. The zero-order valence-corrected chi connectivity index (χ0v) is 20.0. The minimum atomic E-state index is -1.41. The van der Waals surface area contributed by atoms with Gasteiger partial charge in [0, 0.05) is 17.8 Å². The number of aromatic amines is 1. The molecule has 1 aromatic heterocycles. The van der Waals surface area contributed by atoms with Gasteiger partial charge in [-0.1, -0.05) is 42.5 Å². The maximum absolute atomic E-state index is 13.5. The van der Waals surface area contributed by atoms with Crippen molar-refractivity contribution < 1.29 is 19.1 Å². The van der Waals surface area contributed by atoms with Gasteiger partial charge in [-0.25, -0.2) is 0 Å². The first-order valence-electron chi connectivity index (χ1n) is 11.2. The van der Waals surface area contributed by atoms with Gasteiger partial charge in [-0.2, -0.15) is 0 Å². The van der Waals surface area contributed by atoms with E-state index in [4.69, 9.17) is 9.47 Å². The summed E-state index contributed by atoms with van der Waals surface area (Å²) in [6, 6.07) is 14.1. The van der Waals surface area contributed by atoms with Crippen molar-refractivity contribution in [3.63, 3.8) is 0 Å². The van der Waals surface area contributed by atoms with E-state index in [0.717, 1.165) is 16.8 Å². The van der Waals surface area contributed by atoms with E-state index < -0.39 is 28.6 Å². The van der Waals surface area contributed by atoms with E-state index in [1.54, 1.807) is 41.5 Å². The number of carbonyl (C=O) groups is 2. The van der Waals surface area contributed by atoms with Crippen molar-refractivity contribution in [1.82, 2.24) is 4.98 Å². The Bertz CT molecular complexity index is 933. The molecule has 0 saturated heterocycles. The Balaban J connectivity index is 2.05. The van der Waals surface area contributed by atoms with Crippen LogP contribution < -0.4 is 0 Å². The molecule has 0 aliphatic heterocycles. The second kappa shape index (κ2) is 8.61. The zero-order valence-electron chi connectivity index (χ0n) is 20.0. The van der Waals surface area contributed by atoms with Crippen molar-refractivity contribution in [1.29, 1.82) is 0 Å². The first-order valence-corrected chi connectivity index (χ1v) is 11.2. The Labute approximate surface area is 191 Å². The maximum atomic E-state index is 13.5. The summed E-state index contributed by atoms with van der Waals surface area (Å²) >= 11 is 0. The number of nitrogens with one attached hydrogen (secondary N) is 1. The number of allylic oxidation sites excluding steroid dienone is 1. The van der Waals surface area contributed by atoms with E-state index in [2.05, 4.69) is 23.7 Å². The lowest BCUT2D eigenvalue weighted by Gasteiger charge is -2.32. The molecule has 5 nitrogen and oxygen atoms in total. The fourth-order valence-corrected chi connectivity index (χ4v) is 4.44. The third-order valence-electron chi connectivity index (χ3n) is 5.72. The van der Waals surface area contributed by atoms with Crippen LogP contribution in [0.3, 0.4) is 0 Å². The summed E-state index contributed by atoms with van der Waals surface area (Å²) in [5.41, 5.74) is 0.122. The zero-order chi connectivity index (χ0) is 23.7. The predicted octanol–water partition coefficient (Wildman–Crippen LogP) is 5.78. The normalized spacial score (nSPS) is 19.4. The third-order valence-corrected chi connectivity index (χ3v) is 5.72. The van der Waals surface area contributed by atoms with E-state index in [-0.39, 0.29) is 24.7 Å². The van der Waals surface area contributed by atoms with E-state index in [0.29, 0.717) is 0 Å². The van der Waals surface area contributed by atoms with E-state index in [1.807, 2.05) is 36.5 Å². The lowest BCUT2D eigenvalue weighted by atomic mass is 9.78. The second-order valence-corrected chi connectivity index (χ2v) is 10.7. The third kappa shape index (κ3) is 5.14.